The van der Waals surface area contributed by atoms with Crippen LogP contribution in [-0.4, -0.2) is 35.7 Å². The number of likely N-dealkylation sites (tertiary alicyclic amines) is 1. The van der Waals surface area contributed by atoms with E-state index in [-0.39, 0.29) is 0 Å². The second-order valence-corrected chi connectivity index (χ2v) is 4.89. The van der Waals surface area contributed by atoms with Gasteiger partial charge in [-0.2, -0.15) is 0 Å². The van der Waals surface area contributed by atoms with Crippen molar-refractivity contribution in [2.45, 2.75) is 46.2 Å². The van der Waals surface area contributed by atoms with E-state index in [1.165, 1.54) is 38.0 Å². The molecule has 1 aliphatic rings. The van der Waals surface area contributed by atoms with Crippen molar-refractivity contribution in [3.8, 4) is 0 Å². The van der Waals surface area contributed by atoms with E-state index < -0.39 is 0 Å². The lowest BCUT2D eigenvalue weighted by Crippen LogP contribution is -2.42. The fraction of sp³-hybridized carbons (Fsp3) is 0.769. The third kappa shape index (κ3) is 3.07. The minimum Gasteiger partial charge on any atom is -0.361 e. The van der Waals surface area contributed by atoms with Crippen molar-refractivity contribution in [3.05, 3.63) is 17.0 Å². The van der Waals surface area contributed by atoms with Gasteiger partial charge in [-0.1, -0.05) is 12.1 Å². The smallest absolute Gasteiger partial charge is 0.138 e. The number of hydrogen-bond donors (Lipinski definition) is 1. The molecule has 0 atom stereocenters. The Morgan fingerprint density at radius 2 is 2.06 bits per heavy atom. The lowest BCUT2D eigenvalue weighted by atomic mass is 10.0. The van der Waals surface area contributed by atoms with Crippen LogP contribution in [0.15, 0.2) is 4.52 Å². The minimum absolute atomic E-state index is 0.645. The molecule has 2 rings (SSSR count). The Hall–Kier alpha value is -0.870. The third-order valence-electron chi connectivity index (χ3n) is 3.78. The Morgan fingerprint density at radius 3 is 2.59 bits per heavy atom. The number of nitrogens with zero attached hydrogens (tertiary/aromatic N) is 2. The van der Waals surface area contributed by atoms with Crippen molar-refractivity contribution in [1.29, 1.82) is 0 Å². The molecule has 0 saturated carbocycles. The van der Waals surface area contributed by atoms with Crippen LogP contribution in [0.25, 0.3) is 0 Å². The normalized spacial score (nSPS) is 18.8. The highest BCUT2D eigenvalue weighted by molar-refractivity contribution is 5.20. The van der Waals surface area contributed by atoms with Gasteiger partial charge in [0.25, 0.3) is 0 Å². The Labute approximate surface area is 103 Å². The van der Waals surface area contributed by atoms with Gasteiger partial charge in [0, 0.05) is 18.2 Å². The van der Waals surface area contributed by atoms with E-state index in [4.69, 9.17) is 4.52 Å². The van der Waals surface area contributed by atoms with Crippen LogP contribution in [0.2, 0.25) is 0 Å². The van der Waals surface area contributed by atoms with Crippen LogP contribution in [0.4, 0.5) is 0 Å². The van der Waals surface area contributed by atoms with Crippen molar-refractivity contribution in [2.24, 2.45) is 0 Å². The molecule has 0 bridgehead atoms. The first-order valence-electron chi connectivity index (χ1n) is 6.58. The van der Waals surface area contributed by atoms with E-state index in [1.54, 1.807) is 0 Å². The summed E-state index contributed by atoms with van der Waals surface area (Å²) in [6, 6.07) is 0.645. The Bertz CT molecular complexity index is 334. The molecule has 0 amide bonds. The number of hydrogen-bond acceptors (Lipinski definition) is 4. The van der Waals surface area contributed by atoms with E-state index >= 15 is 0 Å². The van der Waals surface area contributed by atoms with Crippen LogP contribution in [0.1, 0.15) is 36.8 Å². The molecule has 1 aliphatic heterocycles. The number of nitrogens with one attached hydrogen (secondary N) is 1. The van der Waals surface area contributed by atoms with E-state index in [2.05, 4.69) is 22.3 Å². The molecule has 1 saturated heterocycles. The van der Waals surface area contributed by atoms with Crippen LogP contribution in [0.5, 0.6) is 0 Å². The monoisotopic (exact) mass is 237 g/mol. The van der Waals surface area contributed by atoms with Crippen molar-refractivity contribution < 1.29 is 4.52 Å². The number of aryl methyl sites for hydroxylation is 2. The summed E-state index contributed by atoms with van der Waals surface area (Å²) in [5.74, 6) is 0.945. The highest BCUT2D eigenvalue weighted by Crippen LogP contribution is 2.14. The first kappa shape index (κ1) is 12.6. The second-order valence-electron chi connectivity index (χ2n) is 4.89. The summed E-state index contributed by atoms with van der Waals surface area (Å²) in [7, 11) is 0. The molecule has 1 N–H and O–H groups in total. The predicted octanol–water partition coefficient (Wildman–Crippen LogP) is 1.87. The first-order valence-corrected chi connectivity index (χ1v) is 6.58. The molecule has 96 valence electrons. The maximum absolute atomic E-state index is 5.17. The fourth-order valence-corrected chi connectivity index (χ4v) is 2.45. The van der Waals surface area contributed by atoms with Crippen LogP contribution >= 0.6 is 0 Å². The summed E-state index contributed by atoms with van der Waals surface area (Å²) in [5.41, 5.74) is 2.24. The summed E-state index contributed by atoms with van der Waals surface area (Å²) in [5, 5.41) is 7.61. The lowest BCUT2D eigenvalue weighted by Gasteiger charge is -2.31. The summed E-state index contributed by atoms with van der Waals surface area (Å²) in [6.45, 7) is 10.7. The number of aromatic nitrogens is 1. The fourth-order valence-electron chi connectivity index (χ4n) is 2.45. The van der Waals surface area contributed by atoms with Gasteiger partial charge in [0.1, 0.15) is 5.76 Å². The third-order valence-corrected chi connectivity index (χ3v) is 3.78. The van der Waals surface area contributed by atoms with Gasteiger partial charge in [0.2, 0.25) is 0 Å². The molecule has 17 heavy (non-hydrogen) atoms. The van der Waals surface area contributed by atoms with E-state index in [0.717, 1.165) is 18.0 Å². The van der Waals surface area contributed by atoms with Gasteiger partial charge < -0.3 is 14.7 Å². The molecular weight excluding hydrogens is 214 g/mol. The number of rotatable bonds is 4. The van der Waals surface area contributed by atoms with Crippen molar-refractivity contribution in [1.82, 2.24) is 15.4 Å². The summed E-state index contributed by atoms with van der Waals surface area (Å²) in [4.78, 5) is 2.51. The number of piperidine rings is 1. The predicted molar refractivity (Wildman–Crippen MR) is 68.0 cm³/mol. The minimum atomic E-state index is 0.645. The molecule has 4 heteroatoms. The van der Waals surface area contributed by atoms with Crippen molar-refractivity contribution in [3.63, 3.8) is 0 Å². The highest BCUT2D eigenvalue weighted by Gasteiger charge is 2.18. The standard InChI is InChI=1S/C13H23N3O/c1-4-16-7-5-12(6-8-16)14-9-13-10(2)15-17-11(13)3/h12,14H,4-9H2,1-3H3. The summed E-state index contributed by atoms with van der Waals surface area (Å²) in [6.07, 6.45) is 2.49. The van der Waals surface area contributed by atoms with Gasteiger partial charge in [0.05, 0.1) is 5.69 Å². The zero-order valence-corrected chi connectivity index (χ0v) is 11.1. The second kappa shape index (κ2) is 5.65. The molecule has 0 radical (unpaired) electrons. The van der Waals surface area contributed by atoms with Crippen molar-refractivity contribution in [2.75, 3.05) is 19.6 Å². The highest BCUT2D eigenvalue weighted by atomic mass is 16.5. The van der Waals surface area contributed by atoms with Crippen LogP contribution in [0.3, 0.4) is 0 Å². The zero-order valence-electron chi connectivity index (χ0n) is 11.1. The molecule has 1 fully saturated rings. The average molecular weight is 237 g/mol. The van der Waals surface area contributed by atoms with Crippen LogP contribution in [0, 0.1) is 13.8 Å². The van der Waals surface area contributed by atoms with Crippen LogP contribution in [-0.2, 0) is 6.54 Å². The SMILES string of the molecule is CCN1CCC(NCc2c(C)noc2C)CC1. The maximum atomic E-state index is 5.17. The van der Waals surface area contributed by atoms with Gasteiger partial charge in [-0.15, -0.1) is 0 Å². The van der Waals surface area contributed by atoms with Gasteiger partial charge in [-0.3, -0.25) is 0 Å². The largest absolute Gasteiger partial charge is 0.361 e. The average Bonchev–Trinajstić information content (AvgIpc) is 2.67. The maximum Gasteiger partial charge on any atom is 0.138 e. The van der Waals surface area contributed by atoms with Gasteiger partial charge >= 0.3 is 0 Å². The molecule has 0 unspecified atom stereocenters. The van der Waals surface area contributed by atoms with Crippen LogP contribution < -0.4 is 5.32 Å². The Kier molecular flexibility index (Phi) is 4.18. The molecular formula is C13H23N3O. The van der Waals surface area contributed by atoms with Gasteiger partial charge in [-0.05, 0) is 46.3 Å². The molecule has 0 aromatic carbocycles. The molecule has 4 nitrogen and oxygen atoms in total. The summed E-state index contributed by atoms with van der Waals surface area (Å²) >= 11 is 0. The molecule has 1 aromatic rings. The first-order chi connectivity index (χ1) is 8.20. The van der Waals surface area contributed by atoms with Gasteiger partial charge in [0.15, 0.2) is 0 Å². The molecule has 0 aliphatic carbocycles. The zero-order chi connectivity index (χ0) is 12.3. The van der Waals surface area contributed by atoms with Crippen molar-refractivity contribution >= 4 is 0 Å². The summed E-state index contributed by atoms with van der Waals surface area (Å²) < 4.78 is 5.17. The van der Waals surface area contributed by atoms with E-state index in [1.807, 2.05) is 13.8 Å². The van der Waals surface area contributed by atoms with E-state index in [9.17, 15) is 0 Å². The molecule has 1 aromatic heterocycles. The topological polar surface area (TPSA) is 41.3 Å². The quantitative estimate of drug-likeness (QED) is 0.868. The lowest BCUT2D eigenvalue weighted by molar-refractivity contribution is 0.205. The molecule has 2 heterocycles. The Balaban J connectivity index is 1.80. The van der Waals surface area contributed by atoms with Gasteiger partial charge in [-0.25, -0.2) is 0 Å². The molecule has 0 spiro atoms. The Morgan fingerprint density at radius 1 is 1.35 bits per heavy atom. The van der Waals surface area contributed by atoms with E-state index in [0.29, 0.717) is 6.04 Å².